The van der Waals surface area contributed by atoms with Gasteiger partial charge in [0.2, 0.25) is 0 Å². The predicted molar refractivity (Wildman–Crippen MR) is 63.3 cm³/mol. The zero-order valence-electron chi connectivity index (χ0n) is 9.54. The van der Waals surface area contributed by atoms with Gasteiger partial charge >= 0.3 is 5.97 Å². The van der Waals surface area contributed by atoms with Gasteiger partial charge in [0.15, 0.2) is 6.10 Å². The predicted octanol–water partition coefficient (Wildman–Crippen LogP) is 1.29. The van der Waals surface area contributed by atoms with E-state index in [0.29, 0.717) is 0 Å². The molecule has 0 bridgehead atoms. The minimum absolute atomic E-state index is 0.115. The molecule has 4 nitrogen and oxygen atoms in total. The second-order valence-corrected chi connectivity index (χ2v) is 3.39. The molecule has 92 valence electrons. The molecule has 0 amide bonds. The van der Waals surface area contributed by atoms with Gasteiger partial charge in [0, 0.05) is 0 Å². The Hall–Kier alpha value is -1.65. The number of ether oxygens (including phenoxy) is 2. The van der Waals surface area contributed by atoms with Crippen molar-refractivity contribution in [2.75, 3.05) is 13.2 Å². The molecule has 1 aromatic carbocycles. The molecule has 0 spiro atoms. The summed E-state index contributed by atoms with van der Waals surface area (Å²) in [7, 11) is 0. The summed E-state index contributed by atoms with van der Waals surface area (Å²) in [4.78, 5) is 11.4. The third-order valence-electron chi connectivity index (χ3n) is 2.07. The maximum absolute atomic E-state index is 11.4. The van der Waals surface area contributed by atoms with Crippen molar-refractivity contribution in [3.63, 3.8) is 0 Å². The number of rotatable bonds is 7. The molecule has 1 aromatic rings. The Morgan fingerprint density at radius 2 is 2.12 bits per heavy atom. The molecule has 0 saturated carbocycles. The number of aliphatic hydroxyl groups excluding tert-OH is 1. The van der Waals surface area contributed by atoms with Gasteiger partial charge in [0.1, 0.15) is 6.61 Å². The monoisotopic (exact) mass is 236 g/mol. The van der Waals surface area contributed by atoms with E-state index < -0.39 is 18.7 Å². The van der Waals surface area contributed by atoms with Crippen molar-refractivity contribution in [1.82, 2.24) is 0 Å². The van der Waals surface area contributed by atoms with Crippen LogP contribution in [0.4, 0.5) is 0 Å². The molecule has 4 heteroatoms. The highest BCUT2D eigenvalue weighted by Gasteiger charge is 2.19. The van der Waals surface area contributed by atoms with Crippen LogP contribution >= 0.6 is 0 Å². The lowest BCUT2D eigenvalue weighted by Gasteiger charge is -2.13. The lowest BCUT2D eigenvalue weighted by Crippen LogP contribution is -2.30. The van der Waals surface area contributed by atoms with Crippen LogP contribution in [-0.4, -0.2) is 30.4 Å². The quantitative estimate of drug-likeness (QED) is 0.572. The largest absolute Gasteiger partial charge is 0.459 e. The van der Waals surface area contributed by atoms with Gasteiger partial charge in [0.05, 0.1) is 13.2 Å². The van der Waals surface area contributed by atoms with E-state index in [1.165, 1.54) is 6.08 Å². The Kier molecular flexibility index (Phi) is 5.99. The van der Waals surface area contributed by atoms with Crippen LogP contribution in [0.1, 0.15) is 5.56 Å². The number of aliphatic hydroxyl groups is 1. The molecule has 0 unspecified atom stereocenters. The Balaban J connectivity index is 2.41. The van der Waals surface area contributed by atoms with Crippen LogP contribution in [0, 0.1) is 0 Å². The molecule has 17 heavy (non-hydrogen) atoms. The van der Waals surface area contributed by atoms with Crippen molar-refractivity contribution in [3.8, 4) is 0 Å². The number of esters is 1. The summed E-state index contributed by atoms with van der Waals surface area (Å²) in [6.07, 6.45) is 0.513. The molecule has 0 aliphatic rings. The van der Waals surface area contributed by atoms with Crippen LogP contribution in [-0.2, 0) is 20.9 Å². The Labute approximate surface area is 100 Å². The lowest BCUT2D eigenvalue weighted by atomic mass is 10.2. The first-order valence-electron chi connectivity index (χ1n) is 5.32. The average molecular weight is 236 g/mol. The average Bonchev–Trinajstić information content (AvgIpc) is 2.38. The molecule has 0 saturated heterocycles. The van der Waals surface area contributed by atoms with Gasteiger partial charge in [-0.1, -0.05) is 43.0 Å². The van der Waals surface area contributed by atoms with Crippen LogP contribution in [0.2, 0.25) is 0 Å². The highest BCUT2D eigenvalue weighted by atomic mass is 16.6. The van der Waals surface area contributed by atoms with Gasteiger partial charge in [-0.05, 0) is 5.56 Å². The van der Waals surface area contributed by atoms with Gasteiger partial charge < -0.3 is 14.6 Å². The van der Waals surface area contributed by atoms with E-state index in [2.05, 4.69) is 6.58 Å². The van der Waals surface area contributed by atoms with Gasteiger partial charge in [0.25, 0.3) is 0 Å². The third kappa shape index (κ3) is 4.80. The molecule has 1 atom stereocenters. The van der Waals surface area contributed by atoms with Crippen LogP contribution in [0.5, 0.6) is 0 Å². The normalized spacial score (nSPS) is 11.8. The summed E-state index contributed by atoms with van der Waals surface area (Å²) in [5.41, 5.74) is 0.933. The zero-order valence-corrected chi connectivity index (χ0v) is 9.54. The molecule has 0 fully saturated rings. The number of hydrogen-bond donors (Lipinski definition) is 1. The number of carbonyl (C=O) groups excluding carboxylic acids is 1. The standard InChI is InChI=1S/C13H16O4/c1-2-8-16-13(15)12(9-14)17-10-11-6-4-3-5-7-11/h2-7,12,14H,1,8-10H2/t12-/m0/s1. The third-order valence-corrected chi connectivity index (χ3v) is 2.07. The lowest BCUT2D eigenvalue weighted by molar-refractivity contribution is -0.159. The summed E-state index contributed by atoms with van der Waals surface area (Å²) < 4.78 is 10.1. The van der Waals surface area contributed by atoms with E-state index in [-0.39, 0.29) is 13.2 Å². The van der Waals surface area contributed by atoms with Crippen LogP contribution in [0.15, 0.2) is 43.0 Å². The van der Waals surface area contributed by atoms with E-state index in [1.807, 2.05) is 30.3 Å². The van der Waals surface area contributed by atoms with Crippen molar-refractivity contribution in [2.24, 2.45) is 0 Å². The minimum Gasteiger partial charge on any atom is -0.459 e. The maximum Gasteiger partial charge on any atom is 0.338 e. The summed E-state index contributed by atoms with van der Waals surface area (Å²) in [6, 6.07) is 9.41. The van der Waals surface area contributed by atoms with Crippen LogP contribution in [0.3, 0.4) is 0 Å². The first kappa shape index (κ1) is 13.4. The second-order valence-electron chi connectivity index (χ2n) is 3.39. The molecule has 1 N–H and O–H groups in total. The van der Waals surface area contributed by atoms with Gasteiger partial charge in [-0.15, -0.1) is 0 Å². The Bertz CT molecular complexity index is 348. The number of carbonyl (C=O) groups is 1. The van der Waals surface area contributed by atoms with Crippen molar-refractivity contribution in [3.05, 3.63) is 48.6 Å². The van der Waals surface area contributed by atoms with Gasteiger partial charge in [-0.25, -0.2) is 4.79 Å². The summed E-state index contributed by atoms with van der Waals surface area (Å²) >= 11 is 0. The van der Waals surface area contributed by atoms with E-state index in [9.17, 15) is 4.79 Å². The topological polar surface area (TPSA) is 55.8 Å². The molecule has 0 heterocycles. The van der Waals surface area contributed by atoms with Crippen LogP contribution < -0.4 is 0 Å². The van der Waals surface area contributed by atoms with E-state index in [0.717, 1.165) is 5.56 Å². The highest BCUT2D eigenvalue weighted by Crippen LogP contribution is 2.04. The smallest absolute Gasteiger partial charge is 0.338 e. The summed E-state index contributed by atoms with van der Waals surface area (Å²) in [5, 5.41) is 9.02. The Morgan fingerprint density at radius 3 is 2.71 bits per heavy atom. The van der Waals surface area contributed by atoms with E-state index >= 15 is 0 Å². The fraction of sp³-hybridized carbons (Fsp3) is 0.308. The fourth-order valence-corrected chi connectivity index (χ4v) is 1.20. The first-order chi connectivity index (χ1) is 8.27. The molecule has 0 aliphatic carbocycles. The SMILES string of the molecule is C=CCOC(=O)[C@H](CO)OCc1ccccc1. The highest BCUT2D eigenvalue weighted by molar-refractivity contribution is 5.74. The van der Waals surface area contributed by atoms with Crippen molar-refractivity contribution < 1.29 is 19.4 Å². The molecular weight excluding hydrogens is 220 g/mol. The van der Waals surface area contributed by atoms with Gasteiger partial charge in [-0.2, -0.15) is 0 Å². The molecule has 0 aromatic heterocycles. The zero-order chi connectivity index (χ0) is 12.5. The van der Waals surface area contributed by atoms with Crippen molar-refractivity contribution in [1.29, 1.82) is 0 Å². The summed E-state index contributed by atoms with van der Waals surface area (Å²) in [6.45, 7) is 3.41. The fourth-order valence-electron chi connectivity index (χ4n) is 1.20. The molecule has 1 rings (SSSR count). The molecule has 0 radical (unpaired) electrons. The van der Waals surface area contributed by atoms with E-state index in [1.54, 1.807) is 0 Å². The second kappa shape index (κ2) is 7.60. The number of benzene rings is 1. The maximum atomic E-state index is 11.4. The van der Waals surface area contributed by atoms with Gasteiger partial charge in [-0.3, -0.25) is 0 Å². The molecule has 0 aliphatic heterocycles. The van der Waals surface area contributed by atoms with Crippen molar-refractivity contribution >= 4 is 5.97 Å². The van der Waals surface area contributed by atoms with Crippen molar-refractivity contribution in [2.45, 2.75) is 12.7 Å². The van der Waals surface area contributed by atoms with Crippen LogP contribution in [0.25, 0.3) is 0 Å². The first-order valence-corrected chi connectivity index (χ1v) is 5.32. The minimum atomic E-state index is -0.949. The number of hydrogen-bond acceptors (Lipinski definition) is 4. The molecular formula is C13H16O4. The Morgan fingerprint density at radius 1 is 1.41 bits per heavy atom. The van der Waals surface area contributed by atoms with E-state index in [4.69, 9.17) is 14.6 Å². The summed E-state index contributed by atoms with van der Waals surface area (Å²) in [5.74, 6) is -0.580.